The number of rotatable bonds is 4. The average molecular weight is 288 g/mol. The van der Waals surface area contributed by atoms with E-state index in [-0.39, 0.29) is 25.7 Å². The van der Waals surface area contributed by atoms with Gasteiger partial charge < -0.3 is 9.84 Å². The molecule has 0 bridgehead atoms. The van der Waals surface area contributed by atoms with Gasteiger partial charge >= 0.3 is 12.4 Å². The molecule has 1 rings (SSSR count). The first-order chi connectivity index (χ1) is 8.64. The predicted octanol–water partition coefficient (Wildman–Crippen LogP) is 3.49. The Hall–Kier alpha value is -1.44. The Morgan fingerprint density at radius 3 is 1.74 bits per heavy atom. The van der Waals surface area contributed by atoms with Crippen LogP contribution in [0.4, 0.5) is 26.3 Å². The van der Waals surface area contributed by atoms with Crippen LogP contribution in [0.5, 0.6) is 5.75 Å². The number of hydrogen-bond acceptors (Lipinski definition) is 2. The highest BCUT2D eigenvalue weighted by molar-refractivity contribution is 5.37. The van der Waals surface area contributed by atoms with Gasteiger partial charge in [-0.25, -0.2) is 0 Å². The SMILES string of the molecule is OCCCOc1cc(C(F)(F)F)cc(C(F)(F)F)c1. The van der Waals surface area contributed by atoms with Crippen LogP contribution in [0.2, 0.25) is 0 Å². The molecule has 0 amide bonds. The van der Waals surface area contributed by atoms with Crippen LogP contribution < -0.4 is 4.74 Å². The van der Waals surface area contributed by atoms with Gasteiger partial charge in [-0.1, -0.05) is 0 Å². The monoisotopic (exact) mass is 288 g/mol. The fraction of sp³-hybridized carbons (Fsp3) is 0.455. The molecule has 0 heterocycles. The summed E-state index contributed by atoms with van der Waals surface area (Å²) < 4.78 is 79.5. The van der Waals surface area contributed by atoms with E-state index >= 15 is 0 Å². The lowest BCUT2D eigenvalue weighted by Crippen LogP contribution is -2.11. The van der Waals surface area contributed by atoms with Crippen molar-refractivity contribution in [2.24, 2.45) is 0 Å². The van der Waals surface area contributed by atoms with Gasteiger partial charge in [0.15, 0.2) is 0 Å². The summed E-state index contributed by atoms with van der Waals surface area (Å²) >= 11 is 0. The van der Waals surface area contributed by atoms with Crippen LogP contribution in [0.3, 0.4) is 0 Å². The van der Waals surface area contributed by atoms with Crippen LogP contribution in [0, 0.1) is 0 Å². The first kappa shape index (κ1) is 15.6. The van der Waals surface area contributed by atoms with Crippen molar-refractivity contribution >= 4 is 0 Å². The molecule has 19 heavy (non-hydrogen) atoms. The molecule has 0 radical (unpaired) electrons. The first-order valence-corrected chi connectivity index (χ1v) is 5.17. The summed E-state index contributed by atoms with van der Waals surface area (Å²) in [5, 5.41) is 8.47. The maximum Gasteiger partial charge on any atom is 0.416 e. The van der Waals surface area contributed by atoms with Crippen LogP contribution in [0.1, 0.15) is 17.5 Å². The van der Waals surface area contributed by atoms with Gasteiger partial charge in [0.25, 0.3) is 0 Å². The van der Waals surface area contributed by atoms with Crippen molar-refractivity contribution in [3.05, 3.63) is 29.3 Å². The summed E-state index contributed by atoms with van der Waals surface area (Å²) in [6.07, 6.45) is -9.68. The molecule has 0 aromatic heterocycles. The number of hydrogen-bond donors (Lipinski definition) is 1. The Balaban J connectivity index is 3.10. The van der Waals surface area contributed by atoms with E-state index in [1.165, 1.54) is 0 Å². The quantitative estimate of drug-likeness (QED) is 0.679. The van der Waals surface area contributed by atoms with E-state index in [0.717, 1.165) is 0 Å². The number of aliphatic hydroxyl groups is 1. The molecule has 0 saturated carbocycles. The molecule has 0 atom stereocenters. The molecule has 0 aliphatic carbocycles. The summed E-state index contributed by atoms with van der Waals surface area (Å²) in [5.41, 5.74) is -2.86. The third-order valence-corrected chi connectivity index (χ3v) is 2.13. The zero-order valence-electron chi connectivity index (χ0n) is 9.48. The van der Waals surface area contributed by atoms with Crippen molar-refractivity contribution in [2.45, 2.75) is 18.8 Å². The molecule has 1 aromatic rings. The van der Waals surface area contributed by atoms with Crippen molar-refractivity contribution in [3.8, 4) is 5.75 Å². The second-order valence-electron chi connectivity index (χ2n) is 3.67. The molecule has 0 unspecified atom stereocenters. The molecule has 0 spiro atoms. The first-order valence-electron chi connectivity index (χ1n) is 5.17. The number of alkyl halides is 6. The highest BCUT2D eigenvalue weighted by Gasteiger charge is 2.37. The molecule has 0 fully saturated rings. The predicted molar refractivity (Wildman–Crippen MR) is 53.6 cm³/mol. The fourth-order valence-electron chi connectivity index (χ4n) is 1.26. The van der Waals surface area contributed by atoms with Gasteiger partial charge in [-0.2, -0.15) is 26.3 Å². The van der Waals surface area contributed by atoms with Gasteiger partial charge in [0.1, 0.15) is 5.75 Å². The molecule has 1 N–H and O–H groups in total. The maximum absolute atomic E-state index is 12.5. The highest BCUT2D eigenvalue weighted by atomic mass is 19.4. The summed E-state index contributed by atoms with van der Waals surface area (Å²) in [4.78, 5) is 0. The number of halogens is 6. The van der Waals surface area contributed by atoms with Crippen LogP contribution in [0.25, 0.3) is 0 Å². The molecule has 108 valence electrons. The lowest BCUT2D eigenvalue weighted by atomic mass is 10.1. The van der Waals surface area contributed by atoms with Gasteiger partial charge in [0.2, 0.25) is 0 Å². The van der Waals surface area contributed by atoms with Crippen molar-refractivity contribution in [2.75, 3.05) is 13.2 Å². The number of benzene rings is 1. The summed E-state index contributed by atoms with van der Waals surface area (Å²) in [6, 6.07) is 1.01. The topological polar surface area (TPSA) is 29.5 Å². The number of ether oxygens (including phenoxy) is 1. The molecule has 8 heteroatoms. The Morgan fingerprint density at radius 2 is 1.37 bits per heavy atom. The Kier molecular flexibility index (Phi) is 4.67. The van der Waals surface area contributed by atoms with Crippen molar-refractivity contribution in [3.63, 3.8) is 0 Å². The lowest BCUT2D eigenvalue weighted by Gasteiger charge is -2.14. The van der Waals surface area contributed by atoms with E-state index in [1.54, 1.807) is 0 Å². The summed E-state index contributed by atoms with van der Waals surface area (Å²) in [5.74, 6) is -0.532. The Morgan fingerprint density at radius 1 is 0.895 bits per heavy atom. The van der Waals surface area contributed by atoms with Gasteiger partial charge in [-0.3, -0.25) is 0 Å². The largest absolute Gasteiger partial charge is 0.493 e. The number of aliphatic hydroxyl groups excluding tert-OH is 1. The average Bonchev–Trinajstić information content (AvgIpc) is 2.27. The molecule has 0 saturated heterocycles. The highest BCUT2D eigenvalue weighted by Crippen LogP contribution is 2.38. The zero-order valence-corrected chi connectivity index (χ0v) is 9.48. The third-order valence-electron chi connectivity index (χ3n) is 2.13. The van der Waals surface area contributed by atoms with Gasteiger partial charge in [-0.05, 0) is 18.2 Å². The van der Waals surface area contributed by atoms with E-state index < -0.39 is 29.2 Å². The molecule has 2 nitrogen and oxygen atoms in total. The summed E-state index contributed by atoms with van der Waals surface area (Å²) in [7, 11) is 0. The van der Waals surface area contributed by atoms with E-state index in [2.05, 4.69) is 0 Å². The van der Waals surface area contributed by atoms with Crippen LogP contribution >= 0.6 is 0 Å². The lowest BCUT2D eigenvalue weighted by molar-refractivity contribution is -0.143. The van der Waals surface area contributed by atoms with Crippen LogP contribution in [-0.2, 0) is 12.4 Å². The van der Waals surface area contributed by atoms with E-state index in [4.69, 9.17) is 9.84 Å². The summed E-state index contributed by atoms with van der Waals surface area (Å²) in [6.45, 7) is -0.444. The molecular weight excluding hydrogens is 278 g/mol. The standard InChI is InChI=1S/C11H10F6O2/c12-10(13,14)7-4-8(11(15,16)17)6-9(5-7)19-3-1-2-18/h4-6,18H,1-3H2. The van der Waals surface area contributed by atoms with Crippen LogP contribution in [0.15, 0.2) is 18.2 Å². The maximum atomic E-state index is 12.5. The smallest absolute Gasteiger partial charge is 0.416 e. The van der Waals surface area contributed by atoms with Gasteiger partial charge in [0, 0.05) is 13.0 Å². The van der Waals surface area contributed by atoms with E-state index in [0.29, 0.717) is 12.1 Å². The van der Waals surface area contributed by atoms with Gasteiger partial charge in [-0.15, -0.1) is 0 Å². The Labute approximate surface area is 104 Å². The molecular formula is C11H10F6O2. The minimum absolute atomic E-state index is 0.0267. The zero-order chi connectivity index (χ0) is 14.7. The Bertz CT molecular complexity index is 392. The van der Waals surface area contributed by atoms with E-state index in [9.17, 15) is 26.3 Å². The normalized spacial score (nSPS) is 12.6. The minimum atomic E-state index is -4.89. The van der Waals surface area contributed by atoms with Crippen LogP contribution in [-0.4, -0.2) is 18.3 Å². The fourth-order valence-corrected chi connectivity index (χ4v) is 1.26. The second-order valence-corrected chi connectivity index (χ2v) is 3.67. The van der Waals surface area contributed by atoms with E-state index in [1.807, 2.05) is 0 Å². The molecule has 0 aliphatic heterocycles. The molecule has 1 aromatic carbocycles. The van der Waals surface area contributed by atoms with Crippen molar-refractivity contribution in [1.82, 2.24) is 0 Å². The minimum Gasteiger partial charge on any atom is -0.493 e. The van der Waals surface area contributed by atoms with Gasteiger partial charge in [0.05, 0.1) is 17.7 Å². The molecule has 0 aliphatic rings. The van der Waals surface area contributed by atoms with Crippen molar-refractivity contribution < 1.29 is 36.2 Å². The van der Waals surface area contributed by atoms with Crippen molar-refractivity contribution in [1.29, 1.82) is 0 Å². The third kappa shape index (κ3) is 4.62. The second kappa shape index (κ2) is 5.68.